The highest BCUT2D eigenvalue weighted by atomic mass is 16.6. The average Bonchev–Trinajstić information content (AvgIpc) is 3.36. The number of esters is 1. The molecule has 39 heavy (non-hydrogen) atoms. The summed E-state index contributed by atoms with van der Waals surface area (Å²) in [6.45, 7) is 4.46. The first-order valence-electron chi connectivity index (χ1n) is 12.6. The number of carbonyl (C=O) groups excluding carboxylic acids is 2. The summed E-state index contributed by atoms with van der Waals surface area (Å²) >= 11 is 0. The van der Waals surface area contributed by atoms with Crippen molar-refractivity contribution in [1.29, 1.82) is 5.41 Å². The lowest BCUT2D eigenvalue weighted by Crippen LogP contribution is -2.36. The maximum Gasteiger partial charge on any atom is 0.420 e. The fraction of sp³-hybridized carbons (Fsp3) is 0.250. The van der Waals surface area contributed by atoms with Crippen LogP contribution in [-0.2, 0) is 22.5 Å². The van der Waals surface area contributed by atoms with E-state index in [0.29, 0.717) is 41.4 Å². The first kappa shape index (κ1) is 27.1. The van der Waals surface area contributed by atoms with E-state index in [1.165, 1.54) is 4.90 Å². The summed E-state index contributed by atoms with van der Waals surface area (Å²) in [6, 6.07) is 16.0. The Bertz CT molecular complexity index is 1450. The van der Waals surface area contributed by atoms with Crippen molar-refractivity contribution in [3.8, 4) is 5.75 Å². The van der Waals surface area contributed by atoms with Gasteiger partial charge in [-0.2, -0.15) is 0 Å². The van der Waals surface area contributed by atoms with Crippen molar-refractivity contribution in [3.05, 3.63) is 77.7 Å². The van der Waals surface area contributed by atoms with Gasteiger partial charge in [0.25, 0.3) is 0 Å². The normalized spacial score (nSPS) is 10.7. The summed E-state index contributed by atoms with van der Waals surface area (Å²) in [7, 11) is 0. The Morgan fingerprint density at radius 2 is 1.90 bits per heavy atom. The summed E-state index contributed by atoms with van der Waals surface area (Å²) in [4.78, 5) is 38.8. The first-order chi connectivity index (χ1) is 18.9. The van der Waals surface area contributed by atoms with Crippen molar-refractivity contribution >= 4 is 40.4 Å². The van der Waals surface area contributed by atoms with E-state index in [1.54, 1.807) is 49.5 Å². The Morgan fingerprint density at radius 3 is 2.56 bits per heavy atom. The van der Waals surface area contributed by atoms with Crippen LogP contribution in [-0.4, -0.2) is 46.0 Å². The third-order valence-corrected chi connectivity index (χ3v) is 5.96. The molecule has 4 aromatic rings. The van der Waals surface area contributed by atoms with E-state index in [4.69, 9.17) is 25.6 Å². The fourth-order valence-corrected chi connectivity index (χ4v) is 4.04. The molecule has 2 heterocycles. The van der Waals surface area contributed by atoms with E-state index in [0.717, 1.165) is 16.8 Å². The van der Waals surface area contributed by atoms with Crippen LogP contribution in [0.1, 0.15) is 37.2 Å². The van der Waals surface area contributed by atoms with Crippen LogP contribution >= 0.6 is 0 Å². The number of H-pyrrole nitrogens is 1. The predicted molar refractivity (Wildman–Crippen MR) is 149 cm³/mol. The van der Waals surface area contributed by atoms with E-state index >= 15 is 0 Å². The zero-order valence-corrected chi connectivity index (χ0v) is 21.9. The van der Waals surface area contributed by atoms with Crippen LogP contribution in [0.2, 0.25) is 0 Å². The maximum atomic E-state index is 13.3. The smallest absolute Gasteiger partial charge is 0.420 e. The van der Waals surface area contributed by atoms with E-state index in [9.17, 15) is 9.59 Å². The van der Waals surface area contributed by atoms with Crippen LogP contribution in [0.5, 0.6) is 5.75 Å². The van der Waals surface area contributed by atoms with Crippen molar-refractivity contribution in [1.82, 2.24) is 15.0 Å². The first-order valence-corrected chi connectivity index (χ1v) is 12.6. The van der Waals surface area contributed by atoms with Gasteiger partial charge in [-0.15, -0.1) is 0 Å². The molecule has 4 rings (SSSR count). The molecule has 0 atom stereocenters. The number of aromatic amines is 1. The number of carbonyl (C=O) groups is 2. The number of aromatic nitrogens is 3. The number of nitrogen functional groups attached to an aromatic ring is 1. The molecule has 0 fully saturated rings. The Morgan fingerprint density at radius 1 is 1.10 bits per heavy atom. The van der Waals surface area contributed by atoms with Gasteiger partial charge in [-0.25, -0.2) is 14.8 Å². The lowest BCUT2D eigenvalue weighted by molar-refractivity contribution is -0.142. The van der Waals surface area contributed by atoms with Crippen molar-refractivity contribution in [2.24, 2.45) is 5.73 Å². The Hall–Kier alpha value is -4.93. The number of ether oxygens (including phenoxy) is 2. The number of pyridine rings is 1. The quantitative estimate of drug-likeness (QED) is 0.127. The van der Waals surface area contributed by atoms with Crippen LogP contribution in [0.25, 0.3) is 11.0 Å². The molecule has 0 spiro atoms. The molecular weight excluding hydrogens is 498 g/mol. The van der Waals surface area contributed by atoms with Gasteiger partial charge in [-0.1, -0.05) is 13.0 Å². The van der Waals surface area contributed by atoms with Crippen LogP contribution in [0.4, 0.5) is 16.3 Å². The number of hydrogen-bond donors (Lipinski definition) is 4. The van der Waals surface area contributed by atoms with E-state index in [2.05, 4.69) is 15.3 Å². The molecule has 0 aliphatic heterocycles. The number of nitrogens with zero attached hydrogens (tertiary/aromatic N) is 3. The van der Waals surface area contributed by atoms with Gasteiger partial charge in [0.2, 0.25) is 0 Å². The number of benzene rings is 2. The second kappa shape index (κ2) is 12.5. The van der Waals surface area contributed by atoms with Gasteiger partial charge in [0.1, 0.15) is 23.2 Å². The Kier molecular flexibility index (Phi) is 8.72. The number of rotatable bonds is 11. The lowest BCUT2D eigenvalue weighted by Gasteiger charge is -2.21. The molecule has 0 saturated carbocycles. The Labute approximate surface area is 225 Å². The molecule has 2 aromatic heterocycles. The number of nitrogens with two attached hydrogens (primary N) is 1. The summed E-state index contributed by atoms with van der Waals surface area (Å²) in [5.74, 6) is 1.08. The van der Waals surface area contributed by atoms with Crippen LogP contribution < -0.4 is 20.7 Å². The minimum Gasteiger partial charge on any atom is -0.466 e. The molecule has 11 heteroatoms. The van der Waals surface area contributed by atoms with Gasteiger partial charge in [0, 0.05) is 29.6 Å². The monoisotopic (exact) mass is 529 g/mol. The highest BCUT2D eigenvalue weighted by molar-refractivity contribution is 5.95. The third kappa shape index (κ3) is 6.69. The number of hydrogen-bond acceptors (Lipinski definition) is 8. The SMILES string of the molecule is CCOC(=O)CCN(C(=O)Oc1ccc2[nH]c(CNc3ccc(C(=N)N)cc3)nc2c1CC)c1ccccn1. The minimum absolute atomic E-state index is 0.00634. The largest absolute Gasteiger partial charge is 0.466 e. The van der Waals surface area contributed by atoms with Gasteiger partial charge < -0.3 is 25.5 Å². The highest BCUT2D eigenvalue weighted by Crippen LogP contribution is 2.28. The molecule has 5 N–H and O–H groups in total. The van der Waals surface area contributed by atoms with E-state index < -0.39 is 12.1 Å². The van der Waals surface area contributed by atoms with Gasteiger partial charge in [-0.05, 0) is 61.9 Å². The zero-order valence-electron chi connectivity index (χ0n) is 21.9. The van der Waals surface area contributed by atoms with E-state index in [-0.39, 0.29) is 25.4 Å². The van der Waals surface area contributed by atoms with Crippen LogP contribution in [0.3, 0.4) is 0 Å². The molecule has 0 saturated heterocycles. The second-order valence-electron chi connectivity index (χ2n) is 8.58. The predicted octanol–water partition coefficient (Wildman–Crippen LogP) is 4.38. The van der Waals surface area contributed by atoms with E-state index in [1.807, 2.05) is 25.1 Å². The lowest BCUT2D eigenvalue weighted by atomic mass is 10.1. The molecule has 0 radical (unpaired) electrons. The Balaban J connectivity index is 1.51. The fourth-order valence-electron chi connectivity index (χ4n) is 4.04. The van der Waals surface area contributed by atoms with Crippen molar-refractivity contribution in [3.63, 3.8) is 0 Å². The number of fused-ring (bicyclic) bond motifs is 1. The summed E-state index contributed by atoms with van der Waals surface area (Å²) in [6.07, 6.45) is 1.50. The zero-order chi connectivity index (χ0) is 27.8. The summed E-state index contributed by atoms with van der Waals surface area (Å²) in [5.41, 5.74) is 9.34. The number of aryl methyl sites for hydroxylation is 1. The van der Waals surface area contributed by atoms with Crippen molar-refractivity contribution < 1.29 is 19.1 Å². The maximum absolute atomic E-state index is 13.3. The number of imidazole rings is 1. The number of anilines is 2. The average molecular weight is 530 g/mol. The minimum atomic E-state index is -0.654. The number of amidine groups is 1. The molecule has 0 aliphatic carbocycles. The molecule has 202 valence electrons. The molecule has 0 aliphatic rings. The van der Waals surface area contributed by atoms with Gasteiger partial charge in [0.05, 0.1) is 30.6 Å². The molecule has 11 nitrogen and oxygen atoms in total. The summed E-state index contributed by atoms with van der Waals surface area (Å²) < 4.78 is 10.8. The molecule has 0 bridgehead atoms. The van der Waals surface area contributed by atoms with Gasteiger partial charge in [-0.3, -0.25) is 15.1 Å². The van der Waals surface area contributed by atoms with Crippen molar-refractivity contribution in [2.45, 2.75) is 33.2 Å². The topological polar surface area (TPSA) is 159 Å². The highest BCUT2D eigenvalue weighted by Gasteiger charge is 2.23. The molecule has 0 unspecified atom stereocenters. The number of nitrogens with one attached hydrogen (secondary N) is 3. The molecular formula is C28H31N7O4. The third-order valence-electron chi connectivity index (χ3n) is 5.96. The van der Waals surface area contributed by atoms with Gasteiger partial charge >= 0.3 is 12.1 Å². The van der Waals surface area contributed by atoms with Gasteiger partial charge in [0.15, 0.2) is 0 Å². The number of amides is 1. The molecule has 1 amide bonds. The standard InChI is InChI=1S/C28H31N7O4/c1-3-20-22(39-28(37)35(16-14-25(36)38-4-2)24-7-5-6-15-31-24)13-12-21-26(20)34-23(33-21)17-32-19-10-8-18(9-11-19)27(29)30/h5-13,15,32H,3-4,14,16-17H2,1-2H3,(H3,29,30)(H,33,34). The second-order valence-corrected chi connectivity index (χ2v) is 8.58. The van der Waals surface area contributed by atoms with Crippen LogP contribution in [0, 0.1) is 5.41 Å². The summed E-state index contributed by atoms with van der Waals surface area (Å²) in [5, 5.41) is 10.8. The van der Waals surface area contributed by atoms with Crippen molar-refractivity contribution in [2.75, 3.05) is 23.4 Å². The molecule has 2 aromatic carbocycles. The van der Waals surface area contributed by atoms with Crippen LogP contribution in [0.15, 0.2) is 60.8 Å².